The van der Waals surface area contributed by atoms with Gasteiger partial charge in [-0.05, 0) is 91.7 Å². The second-order valence-corrected chi connectivity index (χ2v) is 10.4. The van der Waals surface area contributed by atoms with Crippen molar-refractivity contribution in [2.75, 3.05) is 4.90 Å². The van der Waals surface area contributed by atoms with Crippen molar-refractivity contribution in [2.45, 2.75) is 25.7 Å². The number of anilines is 3. The fourth-order valence-electron chi connectivity index (χ4n) is 7.12. The quantitative estimate of drug-likeness (QED) is 0.240. The van der Waals surface area contributed by atoms with E-state index in [2.05, 4.69) is 83.8 Å². The summed E-state index contributed by atoms with van der Waals surface area (Å²) in [4.78, 5) is 7.44. The Labute approximate surface area is 204 Å². The van der Waals surface area contributed by atoms with Gasteiger partial charge in [-0.1, -0.05) is 66.7 Å². The molecular weight excluding hydrogens is 424 g/mol. The summed E-state index contributed by atoms with van der Waals surface area (Å²) in [6.45, 7) is 0. The van der Waals surface area contributed by atoms with Crippen molar-refractivity contribution in [1.29, 1.82) is 0 Å². The van der Waals surface area contributed by atoms with Gasteiger partial charge in [0.25, 0.3) is 0 Å². The molecule has 164 valence electrons. The van der Waals surface area contributed by atoms with E-state index in [1.54, 1.807) is 0 Å². The lowest BCUT2D eigenvalue weighted by Crippen LogP contribution is -2.26. The summed E-state index contributed by atoms with van der Waals surface area (Å²) in [5.74, 6) is 1.10. The molecule has 0 amide bonds. The van der Waals surface area contributed by atoms with Crippen LogP contribution in [-0.4, -0.2) is 4.98 Å². The van der Waals surface area contributed by atoms with Crippen LogP contribution in [0.1, 0.15) is 44.5 Å². The molecule has 2 aliphatic heterocycles. The maximum Gasteiger partial charge on any atom is 0.141 e. The minimum absolute atomic E-state index is 0.953. The lowest BCUT2D eigenvalue weighted by atomic mass is 9.82. The summed E-state index contributed by atoms with van der Waals surface area (Å²) < 4.78 is 0. The molecular formula is C33H22N2. The molecule has 4 aliphatic rings. The predicted molar refractivity (Wildman–Crippen MR) is 141 cm³/mol. The molecule has 2 heteroatoms. The maximum absolute atomic E-state index is 4.95. The summed E-state index contributed by atoms with van der Waals surface area (Å²) in [7, 11) is 0. The van der Waals surface area contributed by atoms with E-state index >= 15 is 0 Å². The summed E-state index contributed by atoms with van der Waals surface area (Å²) >= 11 is 0. The summed E-state index contributed by atoms with van der Waals surface area (Å²) in [5, 5.41) is 0. The maximum atomic E-state index is 4.95. The van der Waals surface area contributed by atoms with E-state index in [1.807, 2.05) is 6.20 Å². The number of benzene rings is 4. The second-order valence-electron chi connectivity index (χ2n) is 10.4. The molecule has 0 saturated heterocycles. The molecule has 0 bridgehead atoms. The van der Waals surface area contributed by atoms with Gasteiger partial charge in [0.2, 0.25) is 0 Å². The zero-order chi connectivity index (χ0) is 22.7. The molecule has 0 N–H and O–H groups in total. The Hall–Kier alpha value is -4.17. The minimum atomic E-state index is 0.953. The van der Waals surface area contributed by atoms with E-state index in [0.29, 0.717) is 0 Å². The first-order valence-electron chi connectivity index (χ1n) is 12.6. The Bertz CT molecular complexity index is 1760. The van der Waals surface area contributed by atoms with Gasteiger partial charge >= 0.3 is 0 Å². The van der Waals surface area contributed by atoms with Crippen molar-refractivity contribution in [3.63, 3.8) is 0 Å². The summed E-state index contributed by atoms with van der Waals surface area (Å²) in [6, 6.07) is 29.6. The standard InChI is InChI=1S/C33H22N2/c1-3-9-26-19(6-1)12-22-15-23-17-29-31-24(13-20-7-2-4-10-27(20)31)16-25-14-21-8-5-11-34-33(21)35(32(25)29)30(23)18-28(22)26/h1-11,15-16,18H,12-14,17H2. The third kappa shape index (κ3) is 2.27. The Morgan fingerprint density at radius 1 is 0.543 bits per heavy atom. The molecule has 0 atom stereocenters. The van der Waals surface area contributed by atoms with E-state index < -0.39 is 0 Å². The average Bonchev–Trinajstić information content (AvgIpc) is 3.44. The minimum Gasteiger partial charge on any atom is -0.294 e. The summed E-state index contributed by atoms with van der Waals surface area (Å²) in [6.07, 6.45) is 5.95. The van der Waals surface area contributed by atoms with Gasteiger partial charge in [0.05, 0.1) is 11.4 Å². The van der Waals surface area contributed by atoms with Crippen molar-refractivity contribution >= 4 is 17.2 Å². The first-order chi connectivity index (χ1) is 17.3. The van der Waals surface area contributed by atoms with Gasteiger partial charge in [0.15, 0.2) is 0 Å². The molecule has 4 aromatic carbocycles. The van der Waals surface area contributed by atoms with Crippen molar-refractivity contribution in [1.82, 2.24) is 4.98 Å². The fraction of sp³-hybridized carbons (Fsp3) is 0.121. The number of nitrogens with zero attached hydrogens (tertiary/aromatic N) is 2. The molecule has 0 radical (unpaired) electrons. The zero-order valence-electron chi connectivity index (χ0n) is 19.3. The molecule has 2 aliphatic carbocycles. The van der Waals surface area contributed by atoms with Gasteiger partial charge in [-0.2, -0.15) is 0 Å². The van der Waals surface area contributed by atoms with Gasteiger partial charge in [-0.25, -0.2) is 4.98 Å². The number of aromatic nitrogens is 1. The molecule has 1 aromatic heterocycles. The molecule has 0 unspecified atom stereocenters. The first kappa shape index (κ1) is 18.2. The number of rotatable bonds is 0. The van der Waals surface area contributed by atoms with Crippen LogP contribution in [0.2, 0.25) is 0 Å². The van der Waals surface area contributed by atoms with Crippen LogP contribution >= 0.6 is 0 Å². The van der Waals surface area contributed by atoms with Gasteiger partial charge < -0.3 is 0 Å². The smallest absolute Gasteiger partial charge is 0.141 e. The Kier molecular flexibility index (Phi) is 3.27. The highest BCUT2D eigenvalue weighted by molar-refractivity contribution is 5.96. The lowest BCUT2D eigenvalue weighted by molar-refractivity contribution is 0.977. The van der Waals surface area contributed by atoms with Gasteiger partial charge in [-0.3, -0.25) is 4.90 Å². The Balaban J connectivity index is 1.36. The van der Waals surface area contributed by atoms with Crippen molar-refractivity contribution in [3.05, 3.63) is 130 Å². The van der Waals surface area contributed by atoms with Gasteiger partial charge in [0, 0.05) is 19.0 Å². The van der Waals surface area contributed by atoms with E-state index in [4.69, 9.17) is 4.98 Å². The van der Waals surface area contributed by atoms with Crippen LogP contribution in [-0.2, 0) is 25.7 Å². The van der Waals surface area contributed by atoms with Crippen LogP contribution < -0.4 is 4.90 Å². The Morgan fingerprint density at radius 3 is 2.17 bits per heavy atom. The highest BCUT2D eigenvalue weighted by Gasteiger charge is 2.37. The molecule has 0 fully saturated rings. The topological polar surface area (TPSA) is 16.1 Å². The van der Waals surface area contributed by atoms with Crippen molar-refractivity contribution in [2.24, 2.45) is 0 Å². The highest BCUT2D eigenvalue weighted by Crippen LogP contribution is 2.56. The van der Waals surface area contributed by atoms with Crippen LogP contribution in [0.25, 0.3) is 22.3 Å². The van der Waals surface area contributed by atoms with Gasteiger partial charge in [-0.15, -0.1) is 0 Å². The lowest BCUT2D eigenvalue weighted by Gasteiger charge is -2.40. The van der Waals surface area contributed by atoms with Gasteiger partial charge in [0.1, 0.15) is 5.82 Å². The molecule has 35 heavy (non-hydrogen) atoms. The van der Waals surface area contributed by atoms with Crippen LogP contribution in [0.4, 0.5) is 17.2 Å². The molecule has 2 nitrogen and oxygen atoms in total. The number of fused-ring (bicyclic) bond motifs is 11. The second kappa shape index (κ2) is 6.28. The third-order valence-corrected chi connectivity index (χ3v) is 8.51. The fourth-order valence-corrected chi connectivity index (χ4v) is 7.12. The first-order valence-corrected chi connectivity index (χ1v) is 12.6. The monoisotopic (exact) mass is 446 g/mol. The van der Waals surface area contributed by atoms with E-state index in [-0.39, 0.29) is 0 Å². The zero-order valence-corrected chi connectivity index (χ0v) is 19.3. The third-order valence-electron chi connectivity index (χ3n) is 8.51. The number of hydrogen-bond acceptors (Lipinski definition) is 2. The van der Waals surface area contributed by atoms with Crippen LogP contribution in [0, 0.1) is 0 Å². The number of hydrogen-bond donors (Lipinski definition) is 0. The summed E-state index contributed by atoms with van der Waals surface area (Å²) in [5.41, 5.74) is 19.9. The van der Waals surface area contributed by atoms with Crippen LogP contribution in [0.3, 0.4) is 0 Å². The molecule has 3 heterocycles. The van der Waals surface area contributed by atoms with Crippen LogP contribution in [0.5, 0.6) is 0 Å². The van der Waals surface area contributed by atoms with Crippen molar-refractivity contribution in [3.8, 4) is 22.3 Å². The van der Waals surface area contributed by atoms with Crippen LogP contribution in [0.15, 0.2) is 85.1 Å². The molecule has 0 saturated carbocycles. The number of pyridine rings is 1. The van der Waals surface area contributed by atoms with Crippen molar-refractivity contribution < 1.29 is 0 Å². The Morgan fingerprint density at radius 2 is 1.26 bits per heavy atom. The SMILES string of the molecule is c1ccc2c(c1)Cc1cc3c(cc1-2)N1c2ncccc2Cc2cc4c(c(c21)C3)-c1ccccc1C4. The normalized spacial score (nSPS) is 14.9. The predicted octanol–water partition coefficient (Wildman–Crippen LogP) is 7.50. The van der Waals surface area contributed by atoms with E-state index in [9.17, 15) is 0 Å². The molecule has 0 spiro atoms. The van der Waals surface area contributed by atoms with E-state index in [0.717, 1.165) is 31.5 Å². The highest BCUT2D eigenvalue weighted by atomic mass is 15.2. The molecule has 5 aromatic rings. The molecule has 9 rings (SSSR count). The average molecular weight is 447 g/mol. The van der Waals surface area contributed by atoms with E-state index in [1.165, 1.54) is 78.1 Å². The largest absolute Gasteiger partial charge is 0.294 e.